The van der Waals surface area contributed by atoms with Gasteiger partial charge in [-0.25, -0.2) is 9.78 Å². The molecule has 11 nitrogen and oxygen atoms in total. The first kappa shape index (κ1) is 47.9. The van der Waals surface area contributed by atoms with E-state index < -0.39 is 39.8 Å². The number of allylic oxidation sites excluding steroid dienone is 1. The number of nitrogens with one attached hydrogen (secondary N) is 3. The fourth-order valence-electron chi connectivity index (χ4n) is 16.4. The third-order valence-corrected chi connectivity index (χ3v) is 20.0. The Morgan fingerprint density at radius 1 is 0.833 bits per heavy atom. The standard InChI is InChI=1S/C55H76N4O7/c1-32(2)42-37(60)30-54(58-45(62)50(8,9)59-47(65)57-41-20-16-17-33(3)56-41)28-27-52(11)35(43(42)54)21-22-40-51(10)25-23-39(48(4,5)38(51)24-26-53(40,52)12)55(46(63)64)29-36(49(55,6)7)44(61)66-31-34-18-14-13-15-19-34/h13-20,32,35-36,38-40H,21-31H2,1-12H3,(H,58,62)(H,63,64)(H2,56,57,59,65)/t35-,36+,38-,39+,40-,51-,52-,53-,54-,55-/m1/s1. The molecule has 10 atom stereocenters. The van der Waals surface area contributed by atoms with Crippen LogP contribution >= 0.6 is 0 Å². The number of carboxylic acid groups (broad SMARTS) is 1. The van der Waals surface area contributed by atoms with Crippen LogP contribution in [-0.4, -0.2) is 50.8 Å². The molecule has 1 heterocycles. The van der Waals surface area contributed by atoms with Crippen molar-refractivity contribution in [2.45, 2.75) is 165 Å². The van der Waals surface area contributed by atoms with E-state index in [9.17, 15) is 29.1 Å². The van der Waals surface area contributed by atoms with E-state index in [-0.39, 0.29) is 82.4 Å². The van der Waals surface area contributed by atoms with Crippen LogP contribution in [0.2, 0.25) is 0 Å². The molecule has 11 heteroatoms. The molecule has 1 aromatic heterocycles. The van der Waals surface area contributed by atoms with Crippen molar-refractivity contribution in [2.24, 2.45) is 68.0 Å². The number of rotatable bonds is 10. The number of ketones is 1. The lowest BCUT2D eigenvalue weighted by Crippen LogP contribution is -2.71. The lowest BCUT2D eigenvalue weighted by molar-refractivity contribution is -0.261. The Kier molecular flexibility index (Phi) is 11.6. The molecule has 358 valence electrons. The van der Waals surface area contributed by atoms with Crippen LogP contribution in [0.4, 0.5) is 10.6 Å². The van der Waals surface area contributed by atoms with E-state index in [1.54, 1.807) is 19.9 Å². The fourth-order valence-corrected chi connectivity index (χ4v) is 16.4. The third kappa shape index (κ3) is 6.99. The Hall–Kier alpha value is -4.54. The van der Waals surface area contributed by atoms with Crippen molar-refractivity contribution in [2.75, 3.05) is 5.32 Å². The minimum atomic E-state index is -1.29. The Morgan fingerprint density at radius 3 is 2.15 bits per heavy atom. The number of fused-ring (bicyclic) bond motifs is 7. The maximum absolute atomic E-state index is 14.5. The molecular weight excluding hydrogens is 829 g/mol. The molecule has 0 unspecified atom stereocenters. The van der Waals surface area contributed by atoms with E-state index in [0.717, 1.165) is 67.3 Å². The minimum Gasteiger partial charge on any atom is -0.481 e. The fraction of sp³-hybridized carbons (Fsp3) is 0.673. The van der Waals surface area contributed by atoms with E-state index in [1.807, 2.05) is 63.2 Å². The van der Waals surface area contributed by atoms with Crippen LogP contribution in [0.15, 0.2) is 59.7 Å². The van der Waals surface area contributed by atoms with Crippen LogP contribution in [0, 0.1) is 74.9 Å². The van der Waals surface area contributed by atoms with Crippen LogP contribution in [0.25, 0.3) is 0 Å². The summed E-state index contributed by atoms with van der Waals surface area (Å²) in [6.07, 6.45) is 7.59. The Labute approximate surface area is 392 Å². The van der Waals surface area contributed by atoms with Gasteiger partial charge in [0.05, 0.1) is 16.9 Å². The molecule has 0 aliphatic heterocycles. The van der Waals surface area contributed by atoms with Crippen LogP contribution < -0.4 is 16.0 Å². The highest BCUT2D eigenvalue weighted by molar-refractivity contribution is 6.03. The SMILES string of the molecule is Cc1cccc(NC(=O)NC(C)(C)C(=O)N[C@@]23CC[C@]4(C)[C@H](CC[C@@H]5[C@]6(C)CC[C@H]([C@@]7(C(=O)O)C[C@@H](C(=O)OCc8ccccc8)C7(C)C)C(C)(C)[C@H]6CC[C@]54C)C2=C(C(C)C)C(=O)C3)n1. The molecule has 6 aliphatic carbocycles. The van der Waals surface area contributed by atoms with Crippen molar-refractivity contribution >= 4 is 35.5 Å². The predicted octanol–water partition coefficient (Wildman–Crippen LogP) is 10.6. The first-order valence-corrected chi connectivity index (χ1v) is 24.8. The van der Waals surface area contributed by atoms with Crippen molar-refractivity contribution < 1.29 is 33.8 Å². The number of anilines is 1. The lowest BCUT2D eigenvalue weighted by Gasteiger charge is -2.74. The zero-order valence-corrected chi connectivity index (χ0v) is 41.7. The normalized spacial score (nSPS) is 36.4. The number of nitrogens with zero attached hydrogens (tertiary/aromatic N) is 1. The number of urea groups is 1. The topological polar surface area (TPSA) is 164 Å². The molecule has 1 aromatic carbocycles. The number of ether oxygens (including phenoxy) is 1. The zero-order chi connectivity index (χ0) is 48.2. The number of carboxylic acids is 1. The Morgan fingerprint density at radius 2 is 1.52 bits per heavy atom. The number of pyridine rings is 1. The van der Waals surface area contributed by atoms with Crippen LogP contribution in [-0.2, 0) is 30.5 Å². The molecule has 0 radical (unpaired) electrons. The molecule has 0 bridgehead atoms. The van der Waals surface area contributed by atoms with Gasteiger partial charge in [-0.15, -0.1) is 0 Å². The van der Waals surface area contributed by atoms with E-state index in [2.05, 4.69) is 69.4 Å². The Balaban J connectivity index is 1.04. The highest BCUT2D eigenvalue weighted by Gasteiger charge is 2.76. The summed E-state index contributed by atoms with van der Waals surface area (Å²) in [4.78, 5) is 73.8. The molecule has 2 aromatic rings. The quantitative estimate of drug-likeness (QED) is 0.171. The molecule has 5 saturated carbocycles. The van der Waals surface area contributed by atoms with Crippen molar-refractivity contribution in [3.63, 3.8) is 0 Å². The largest absolute Gasteiger partial charge is 0.481 e. The monoisotopic (exact) mass is 905 g/mol. The van der Waals surface area contributed by atoms with E-state index in [4.69, 9.17) is 4.74 Å². The number of aryl methyl sites for hydroxylation is 1. The minimum absolute atomic E-state index is 0.00939. The van der Waals surface area contributed by atoms with Gasteiger partial charge in [-0.2, -0.15) is 0 Å². The number of hydrogen-bond donors (Lipinski definition) is 4. The maximum atomic E-state index is 14.5. The summed E-state index contributed by atoms with van der Waals surface area (Å²) in [5.74, 6) is -0.791. The first-order chi connectivity index (χ1) is 30.7. The summed E-state index contributed by atoms with van der Waals surface area (Å²) in [6.45, 7) is 25.8. The van der Waals surface area contributed by atoms with Crippen molar-refractivity contribution in [3.05, 3.63) is 70.9 Å². The van der Waals surface area contributed by atoms with Crippen molar-refractivity contribution in [1.29, 1.82) is 0 Å². The maximum Gasteiger partial charge on any atom is 0.321 e. The average molecular weight is 905 g/mol. The number of benzene rings is 1. The molecule has 0 saturated heterocycles. The predicted molar refractivity (Wildman–Crippen MR) is 255 cm³/mol. The van der Waals surface area contributed by atoms with Crippen LogP contribution in [0.1, 0.15) is 152 Å². The van der Waals surface area contributed by atoms with Crippen LogP contribution in [0.3, 0.4) is 0 Å². The summed E-state index contributed by atoms with van der Waals surface area (Å²) in [7, 11) is 0. The zero-order valence-electron chi connectivity index (χ0n) is 41.7. The second-order valence-corrected chi connectivity index (χ2v) is 24.4. The number of amides is 3. The number of hydrogen-bond acceptors (Lipinski definition) is 7. The second-order valence-electron chi connectivity index (χ2n) is 24.4. The molecule has 0 spiro atoms. The van der Waals surface area contributed by atoms with Gasteiger partial charge in [0.2, 0.25) is 5.91 Å². The van der Waals surface area contributed by atoms with Crippen molar-refractivity contribution in [3.8, 4) is 0 Å². The van der Waals surface area contributed by atoms with Gasteiger partial charge in [0.15, 0.2) is 5.78 Å². The molecular formula is C55H76N4O7. The van der Waals surface area contributed by atoms with Gasteiger partial charge < -0.3 is 20.5 Å². The summed E-state index contributed by atoms with van der Waals surface area (Å²) in [5.41, 5.74) is -0.896. The van der Waals surface area contributed by atoms with Gasteiger partial charge in [0.1, 0.15) is 18.0 Å². The molecule has 4 N–H and O–H groups in total. The van der Waals surface area contributed by atoms with Gasteiger partial charge in [0, 0.05) is 12.1 Å². The summed E-state index contributed by atoms with van der Waals surface area (Å²) in [6, 6.07) is 14.4. The van der Waals surface area contributed by atoms with Gasteiger partial charge in [-0.3, -0.25) is 24.5 Å². The molecule has 66 heavy (non-hydrogen) atoms. The van der Waals surface area contributed by atoms with Crippen LogP contribution in [0.5, 0.6) is 0 Å². The van der Waals surface area contributed by atoms with Gasteiger partial charge >= 0.3 is 18.0 Å². The smallest absolute Gasteiger partial charge is 0.321 e. The lowest BCUT2D eigenvalue weighted by atomic mass is 9.30. The average Bonchev–Trinajstić information content (AvgIpc) is 3.52. The highest BCUT2D eigenvalue weighted by atomic mass is 16.5. The summed E-state index contributed by atoms with van der Waals surface area (Å²) < 4.78 is 5.84. The summed E-state index contributed by atoms with van der Waals surface area (Å²) >= 11 is 0. The number of esters is 1. The molecule has 8 rings (SSSR count). The molecule has 6 aliphatic rings. The number of aromatic nitrogens is 1. The first-order valence-electron chi connectivity index (χ1n) is 24.8. The second kappa shape index (κ2) is 16.0. The van der Waals surface area contributed by atoms with E-state index in [0.29, 0.717) is 18.2 Å². The number of aliphatic carboxylic acids is 1. The molecule has 3 amide bonds. The highest BCUT2D eigenvalue weighted by Crippen LogP contribution is 2.79. The number of Topliss-reactive ketones (excluding diaryl/α,β-unsaturated/α-hetero) is 1. The van der Waals surface area contributed by atoms with Gasteiger partial charge in [-0.05, 0) is 164 Å². The number of carbonyl (C=O) groups excluding carboxylic acids is 4. The summed E-state index contributed by atoms with van der Waals surface area (Å²) in [5, 5.41) is 20.4. The Bertz CT molecular complexity index is 2350. The number of carbonyl (C=O) groups is 5. The van der Waals surface area contributed by atoms with E-state index >= 15 is 0 Å². The van der Waals surface area contributed by atoms with Crippen molar-refractivity contribution in [1.82, 2.24) is 15.6 Å². The van der Waals surface area contributed by atoms with E-state index in [1.165, 1.54) is 0 Å². The van der Waals surface area contributed by atoms with Gasteiger partial charge in [0.25, 0.3) is 0 Å². The third-order valence-electron chi connectivity index (χ3n) is 20.0. The van der Waals surface area contributed by atoms with Gasteiger partial charge in [-0.1, -0.05) is 98.7 Å². The molecule has 5 fully saturated rings.